The highest BCUT2D eigenvalue weighted by Gasteiger charge is 2.25. The average Bonchev–Trinajstić information content (AvgIpc) is 3.25. The van der Waals surface area contributed by atoms with Crippen LogP contribution in [0.4, 0.5) is 0 Å². The van der Waals surface area contributed by atoms with Gasteiger partial charge in [0.15, 0.2) is 5.96 Å². The Morgan fingerprint density at radius 2 is 2.00 bits per heavy atom. The SMILES string of the molecule is CN=C(NCc1ccsc1)NCC(c1ccccc1OC)N1CCCCC1. The highest BCUT2D eigenvalue weighted by Crippen LogP contribution is 2.30. The molecule has 27 heavy (non-hydrogen) atoms. The van der Waals surface area contributed by atoms with Gasteiger partial charge in [-0.1, -0.05) is 24.6 Å². The molecule has 0 spiro atoms. The lowest BCUT2D eigenvalue weighted by Crippen LogP contribution is -2.44. The molecule has 2 N–H and O–H groups in total. The van der Waals surface area contributed by atoms with Gasteiger partial charge in [0.05, 0.1) is 13.2 Å². The highest BCUT2D eigenvalue weighted by atomic mass is 32.1. The van der Waals surface area contributed by atoms with Crippen LogP contribution in [0.5, 0.6) is 5.75 Å². The largest absolute Gasteiger partial charge is 0.496 e. The summed E-state index contributed by atoms with van der Waals surface area (Å²) in [6.45, 7) is 3.84. The summed E-state index contributed by atoms with van der Waals surface area (Å²) in [5.74, 6) is 1.79. The van der Waals surface area contributed by atoms with Crippen molar-refractivity contribution in [1.82, 2.24) is 15.5 Å². The molecular weight excluding hydrogens is 356 g/mol. The number of rotatable bonds is 7. The van der Waals surface area contributed by atoms with E-state index >= 15 is 0 Å². The minimum Gasteiger partial charge on any atom is -0.496 e. The molecule has 0 amide bonds. The Morgan fingerprint density at radius 1 is 1.19 bits per heavy atom. The predicted molar refractivity (Wildman–Crippen MR) is 114 cm³/mol. The van der Waals surface area contributed by atoms with E-state index in [0.717, 1.165) is 37.9 Å². The molecule has 5 nitrogen and oxygen atoms in total. The number of hydrogen-bond donors (Lipinski definition) is 2. The maximum atomic E-state index is 5.65. The number of ether oxygens (including phenoxy) is 1. The molecule has 0 bridgehead atoms. The van der Waals surface area contributed by atoms with E-state index in [1.807, 2.05) is 13.1 Å². The summed E-state index contributed by atoms with van der Waals surface area (Å²) in [4.78, 5) is 6.96. The normalized spacial score (nSPS) is 16.7. The zero-order valence-electron chi connectivity index (χ0n) is 16.3. The van der Waals surface area contributed by atoms with Crippen molar-refractivity contribution < 1.29 is 4.74 Å². The molecule has 0 saturated carbocycles. The lowest BCUT2D eigenvalue weighted by molar-refractivity contribution is 0.161. The zero-order valence-corrected chi connectivity index (χ0v) is 17.1. The fraction of sp³-hybridized carbons (Fsp3) is 0.476. The van der Waals surface area contributed by atoms with Gasteiger partial charge in [-0.3, -0.25) is 9.89 Å². The van der Waals surface area contributed by atoms with E-state index in [1.165, 1.54) is 30.4 Å². The van der Waals surface area contributed by atoms with Gasteiger partial charge in [0.25, 0.3) is 0 Å². The van der Waals surface area contributed by atoms with Crippen LogP contribution in [0.25, 0.3) is 0 Å². The van der Waals surface area contributed by atoms with Crippen molar-refractivity contribution in [3.63, 3.8) is 0 Å². The summed E-state index contributed by atoms with van der Waals surface area (Å²) in [6, 6.07) is 10.8. The minimum absolute atomic E-state index is 0.265. The maximum absolute atomic E-state index is 5.65. The van der Waals surface area contributed by atoms with Crippen LogP contribution in [0, 0.1) is 0 Å². The molecule has 1 unspecified atom stereocenters. The molecule has 1 aliphatic rings. The van der Waals surface area contributed by atoms with Crippen LogP contribution >= 0.6 is 11.3 Å². The third-order valence-corrected chi connectivity index (χ3v) is 5.79. The number of nitrogens with zero attached hydrogens (tertiary/aromatic N) is 2. The molecule has 2 aromatic rings. The van der Waals surface area contributed by atoms with Crippen LogP contribution in [0.3, 0.4) is 0 Å². The molecule has 0 radical (unpaired) electrons. The van der Waals surface area contributed by atoms with Crippen LogP contribution in [0.1, 0.15) is 36.4 Å². The standard InChI is InChI=1S/C21H30N4OS/c1-22-21(23-14-17-10-13-27-16-17)24-15-19(25-11-6-3-7-12-25)18-8-4-5-9-20(18)26-2/h4-5,8-10,13,16,19H,3,6-7,11-12,14-15H2,1-2H3,(H2,22,23,24). The lowest BCUT2D eigenvalue weighted by atomic mass is 10.0. The Labute approximate surface area is 166 Å². The van der Waals surface area contributed by atoms with Crippen molar-refractivity contribution in [3.8, 4) is 5.75 Å². The number of benzene rings is 1. The molecule has 1 aromatic carbocycles. The Morgan fingerprint density at radius 3 is 2.70 bits per heavy atom. The van der Waals surface area contributed by atoms with Crippen LogP contribution < -0.4 is 15.4 Å². The molecule has 0 aliphatic carbocycles. The smallest absolute Gasteiger partial charge is 0.191 e. The molecule has 1 aliphatic heterocycles. The van der Waals surface area contributed by atoms with Crippen LogP contribution in [0.2, 0.25) is 0 Å². The zero-order chi connectivity index (χ0) is 18.9. The summed E-state index contributed by atoms with van der Waals surface area (Å²) in [5.41, 5.74) is 2.52. The first-order chi connectivity index (χ1) is 13.3. The first kappa shape index (κ1) is 19.7. The van der Waals surface area contributed by atoms with Gasteiger partial charge < -0.3 is 15.4 Å². The topological polar surface area (TPSA) is 48.9 Å². The molecule has 6 heteroatoms. The Bertz CT molecular complexity index is 711. The van der Waals surface area contributed by atoms with Gasteiger partial charge in [0, 0.05) is 25.7 Å². The van der Waals surface area contributed by atoms with Gasteiger partial charge in [0.1, 0.15) is 5.75 Å². The number of para-hydroxylation sites is 1. The quantitative estimate of drug-likeness (QED) is 0.563. The molecule has 1 atom stereocenters. The van der Waals surface area contributed by atoms with Crippen LogP contribution in [-0.4, -0.2) is 44.7 Å². The van der Waals surface area contributed by atoms with Gasteiger partial charge in [-0.05, 0) is 54.4 Å². The fourth-order valence-corrected chi connectivity index (χ4v) is 4.27. The Balaban J connectivity index is 1.68. The number of thiophene rings is 1. The second-order valence-corrected chi connectivity index (χ2v) is 7.57. The fourth-order valence-electron chi connectivity index (χ4n) is 3.60. The molecular formula is C21H30N4OS. The van der Waals surface area contributed by atoms with Crippen molar-refractivity contribution in [2.45, 2.75) is 31.8 Å². The number of guanidine groups is 1. The molecule has 3 rings (SSSR count). The number of methoxy groups -OCH3 is 1. The third-order valence-electron chi connectivity index (χ3n) is 5.06. The predicted octanol–water partition coefficient (Wildman–Crippen LogP) is 3.65. The van der Waals surface area contributed by atoms with Crippen molar-refractivity contribution in [1.29, 1.82) is 0 Å². The van der Waals surface area contributed by atoms with Gasteiger partial charge in [-0.15, -0.1) is 0 Å². The number of aliphatic imine (C=N–C) groups is 1. The van der Waals surface area contributed by atoms with Crippen molar-refractivity contribution in [3.05, 3.63) is 52.2 Å². The molecule has 1 aromatic heterocycles. The first-order valence-electron chi connectivity index (χ1n) is 9.64. The van der Waals surface area contributed by atoms with E-state index in [-0.39, 0.29) is 6.04 Å². The van der Waals surface area contributed by atoms with Gasteiger partial charge in [-0.2, -0.15) is 11.3 Å². The Kier molecular flexibility index (Phi) is 7.54. The number of nitrogens with one attached hydrogen (secondary N) is 2. The van der Waals surface area contributed by atoms with E-state index in [0.29, 0.717) is 0 Å². The summed E-state index contributed by atoms with van der Waals surface area (Å²) in [5, 5.41) is 11.2. The molecule has 2 heterocycles. The molecule has 1 fully saturated rings. The summed E-state index contributed by atoms with van der Waals surface area (Å²) >= 11 is 1.72. The number of likely N-dealkylation sites (tertiary alicyclic amines) is 1. The second kappa shape index (κ2) is 10.3. The van der Waals surface area contributed by atoms with E-state index in [9.17, 15) is 0 Å². The summed E-state index contributed by atoms with van der Waals surface area (Å²) in [7, 11) is 3.57. The molecule has 1 saturated heterocycles. The van der Waals surface area contributed by atoms with Gasteiger partial charge >= 0.3 is 0 Å². The van der Waals surface area contributed by atoms with Crippen LogP contribution in [0.15, 0.2) is 46.1 Å². The van der Waals surface area contributed by atoms with E-state index in [1.54, 1.807) is 18.4 Å². The van der Waals surface area contributed by atoms with Gasteiger partial charge in [-0.25, -0.2) is 0 Å². The summed E-state index contributed by atoms with van der Waals surface area (Å²) in [6.07, 6.45) is 3.85. The maximum Gasteiger partial charge on any atom is 0.191 e. The monoisotopic (exact) mass is 386 g/mol. The van der Waals surface area contributed by atoms with Crippen molar-refractivity contribution >= 4 is 17.3 Å². The van der Waals surface area contributed by atoms with E-state index in [2.05, 4.69) is 55.6 Å². The van der Waals surface area contributed by atoms with Crippen LogP contribution in [-0.2, 0) is 6.54 Å². The molecule has 146 valence electrons. The first-order valence-corrected chi connectivity index (χ1v) is 10.6. The number of piperidine rings is 1. The lowest BCUT2D eigenvalue weighted by Gasteiger charge is -2.35. The van der Waals surface area contributed by atoms with Crippen molar-refractivity contribution in [2.24, 2.45) is 4.99 Å². The Hall–Kier alpha value is -2.05. The summed E-state index contributed by atoms with van der Waals surface area (Å²) < 4.78 is 5.65. The average molecular weight is 387 g/mol. The highest BCUT2D eigenvalue weighted by molar-refractivity contribution is 7.07. The van der Waals surface area contributed by atoms with Crippen molar-refractivity contribution in [2.75, 3.05) is 33.8 Å². The third kappa shape index (κ3) is 5.47. The van der Waals surface area contributed by atoms with Gasteiger partial charge in [0.2, 0.25) is 0 Å². The van der Waals surface area contributed by atoms with E-state index in [4.69, 9.17) is 4.74 Å². The minimum atomic E-state index is 0.265. The number of hydrogen-bond acceptors (Lipinski definition) is 4. The van der Waals surface area contributed by atoms with E-state index < -0.39 is 0 Å². The second-order valence-electron chi connectivity index (χ2n) is 6.79.